The van der Waals surface area contributed by atoms with Gasteiger partial charge in [-0.25, -0.2) is 4.39 Å². The molecule has 2 aliphatic rings. The van der Waals surface area contributed by atoms with E-state index in [-0.39, 0.29) is 6.04 Å². The zero-order chi connectivity index (χ0) is 11.7. The molecule has 2 N–H and O–H groups in total. The van der Waals surface area contributed by atoms with Crippen LogP contribution in [0.15, 0.2) is 30.3 Å². The molecule has 0 spiro atoms. The zero-order valence-electron chi connectivity index (χ0n) is 9.95. The Hall–Kier alpha value is -0.930. The number of benzene rings is 1. The summed E-state index contributed by atoms with van der Waals surface area (Å²) in [6, 6.07) is 10.1. The van der Waals surface area contributed by atoms with Crippen LogP contribution in [-0.2, 0) is 5.67 Å². The molecule has 1 saturated carbocycles. The molecule has 1 saturated heterocycles. The van der Waals surface area contributed by atoms with Crippen LogP contribution < -0.4 is 10.6 Å². The molecule has 1 aliphatic carbocycles. The highest BCUT2D eigenvalue weighted by Gasteiger charge is 2.57. The maximum absolute atomic E-state index is 14.6. The molecule has 17 heavy (non-hydrogen) atoms. The molecule has 0 amide bonds. The Kier molecular flexibility index (Phi) is 2.89. The molecule has 1 aromatic carbocycles. The summed E-state index contributed by atoms with van der Waals surface area (Å²) in [6.07, 6.45) is 2.85. The Morgan fingerprint density at radius 3 is 2.59 bits per heavy atom. The van der Waals surface area contributed by atoms with Crippen molar-refractivity contribution in [1.29, 1.82) is 0 Å². The third-order valence-corrected chi connectivity index (χ3v) is 3.92. The van der Waals surface area contributed by atoms with Crippen LogP contribution in [0.4, 0.5) is 4.39 Å². The number of rotatable bonds is 3. The van der Waals surface area contributed by atoms with Gasteiger partial charge in [0.2, 0.25) is 0 Å². The van der Waals surface area contributed by atoms with Gasteiger partial charge in [0.25, 0.3) is 0 Å². The van der Waals surface area contributed by atoms with Crippen LogP contribution >= 0.6 is 0 Å². The van der Waals surface area contributed by atoms with Crippen molar-refractivity contribution < 1.29 is 4.39 Å². The van der Waals surface area contributed by atoms with Crippen molar-refractivity contribution in [1.82, 2.24) is 10.6 Å². The lowest BCUT2D eigenvalue weighted by Crippen LogP contribution is -2.42. The number of hydrogen-bond acceptors (Lipinski definition) is 2. The van der Waals surface area contributed by atoms with Gasteiger partial charge in [-0.3, -0.25) is 0 Å². The van der Waals surface area contributed by atoms with Crippen molar-refractivity contribution >= 4 is 0 Å². The van der Waals surface area contributed by atoms with Gasteiger partial charge < -0.3 is 10.6 Å². The predicted octanol–water partition coefficient (Wildman–Crippen LogP) is 1.97. The van der Waals surface area contributed by atoms with E-state index < -0.39 is 5.67 Å². The van der Waals surface area contributed by atoms with Gasteiger partial charge in [0.1, 0.15) is 0 Å². The molecule has 0 aromatic heterocycles. The second-order valence-corrected chi connectivity index (χ2v) is 5.18. The first kappa shape index (κ1) is 11.2. The van der Waals surface area contributed by atoms with Crippen molar-refractivity contribution in [2.75, 3.05) is 13.1 Å². The number of alkyl halides is 1. The van der Waals surface area contributed by atoms with E-state index in [9.17, 15) is 4.39 Å². The van der Waals surface area contributed by atoms with Crippen LogP contribution in [0.5, 0.6) is 0 Å². The van der Waals surface area contributed by atoms with E-state index in [2.05, 4.69) is 10.6 Å². The molecule has 0 bridgehead atoms. The molecule has 1 heterocycles. The number of hydrogen-bond donors (Lipinski definition) is 2. The Morgan fingerprint density at radius 2 is 1.88 bits per heavy atom. The van der Waals surface area contributed by atoms with Gasteiger partial charge in [-0.1, -0.05) is 30.3 Å². The summed E-state index contributed by atoms with van der Waals surface area (Å²) in [7, 11) is 0. The summed E-state index contributed by atoms with van der Waals surface area (Å²) < 4.78 is 14.6. The minimum atomic E-state index is -1.12. The molecule has 3 heteroatoms. The SMILES string of the molecule is F[C@@]1(c2ccccc2)C[C@H]1NC1CCNCC1. The average Bonchev–Trinajstić information content (AvgIpc) is 3.04. The Balaban J connectivity index is 1.61. The molecule has 2 fully saturated rings. The van der Waals surface area contributed by atoms with Crippen molar-refractivity contribution in [2.24, 2.45) is 0 Å². The van der Waals surface area contributed by atoms with E-state index >= 15 is 0 Å². The van der Waals surface area contributed by atoms with E-state index in [4.69, 9.17) is 0 Å². The van der Waals surface area contributed by atoms with Crippen LogP contribution in [0.25, 0.3) is 0 Å². The number of nitrogens with one attached hydrogen (secondary N) is 2. The lowest BCUT2D eigenvalue weighted by atomic mass is 10.1. The molecule has 92 valence electrons. The molecule has 0 radical (unpaired) electrons. The maximum atomic E-state index is 14.6. The van der Waals surface area contributed by atoms with E-state index in [1.165, 1.54) is 0 Å². The van der Waals surface area contributed by atoms with Gasteiger partial charge in [0, 0.05) is 18.5 Å². The molecule has 2 nitrogen and oxygen atoms in total. The lowest BCUT2D eigenvalue weighted by Gasteiger charge is -2.24. The predicted molar refractivity (Wildman–Crippen MR) is 66.7 cm³/mol. The topological polar surface area (TPSA) is 24.1 Å². The molecule has 2 atom stereocenters. The fraction of sp³-hybridized carbons (Fsp3) is 0.571. The Morgan fingerprint density at radius 1 is 1.18 bits per heavy atom. The van der Waals surface area contributed by atoms with Crippen LogP contribution in [0.3, 0.4) is 0 Å². The van der Waals surface area contributed by atoms with Crippen molar-refractivity contribution in [3.63, 3.8) is 0 Å². The van der Waals surface area contributed by atoms with Crippen LogP contribution in [-0.4, -0.2) is 25.2 Å². The Labute approximate surface area is 102 Å². The van der Waals surface area contributed by atoms with Crippen molar-refractivity contribution in [3.8, 4) is 0 Å². The molecule has 1 aliphatic heterocycles. The first-order valence-electron chi connectivity index (χ1n) is 6.50. The van der Waals surface area contributed by atoms with E-state index in [1.807, 2.05) is 30.3 Å². The van der Waals surface area contributed by atoms with Gasteiger partial charge in [0.15, 0.2) is 5.67 Å². The highest BCUT2D eigenvalue weighted by atomic mass is 19.1. The quantitative estimate of drug-likeness (QED) is 0.835. The van der Waals surface area contributed by atoms with Crippen LogP contribution in [0.1, 0.15) is 24.8 Å². The average molecular weight is 234 g/mol. The first-order chi connectivity index (χ1) is 8.29. The summed E-state index contributed by atoms with van der Waals surface area (Å²) in [5, 5.41) is 6.79. The van der Waals surface area contributed by atoms with Gasteiger partial charge >= 0.3 is 0 Å². The summed E-state index contributed by atoms with van der Waals surface area (Å²) >= 11 is 0. The minimum absolute atomic E-state index is 0.0213. The number of halogens is 1. The van der Waals surface area contributed by atoms with Crippen LogP contribution in [0.2, 0.25) is 0 Å². The van der Waals surface area contributed by atoms with Gasteiger partial charge in [0.05, 0.1) is 0 Å². The second-order valence-electron chi connectivity index (χ2n) is 5.18. The third-order valence-electron chi connectivity index (χ3n) is 3.92. The highest BCUT2D eigenvalue weighted by Crippen LogP contribution is 2.50. The smallest absolute Gasteiger partial charge is 0.152 e. The monoisotopic (exact) mass is 234 g/mol. The Bertz CT molecular complexity index is 375. The normalized spacial score (nSPS) is 33.6. The summed E-state index contributed by atoms with van der Waals surface area (Å²) in [5.41, 5.74) is -0.294. The highest BCUT2D eigenvalue weighted by molar-refractivity contribution is 5.32. The van der Waals surface area contributed by atoms with E-state index in [1.54, 1.807) is 0 Å². The van der Waals surface area contributed by atoms with Crippen molar-refractivity contribution in [2.45, 2.75) is 37.0 Å². The fourth-order valence-corrected chi connectivity index (χ4v) is 2.74. The van der Waals surface area contributed by atoms with Crippen molar-refractivity contribution in [3.05, 3.63) is 35.9 Å². The van der Waals surface area contributed by atoms with Gasteiger partial charge in [-0.05, 0) is 31.5 Å². The molecule has 1 aromatic rings. The number of piperidine rings is 1. The largest absolute Gasteiger partial charge is 0.317 e. The summed E-state index contributed by atoms with van der Waals surface area (Å²) in [5.74, 6) is 0. The molecular weight excluding hydrogens is 215 g/mol. The standard InChI is InChI=1S/C14H19FN2/c15-14(11-4-2-1-3-5-11)10-13(14)17-12-6-8-16-9-7-12/h1-5,12-13,16-17H,6-10H2/t13-,14-/m1/s1. The maximum Gasteiger partial charge on any atom is 0.152 e. The lowest BCUT2D eigenvalue weighted by molar-refractivity contribution is 0.275. The van der Waals surface area contributed by atoms with E-state index in [0.29, 0.717) is 12.5 Å². The second kappa shape index (κ2) is 4.39. The fourth-order valence-electron chi connectivity index (χ4n) is 2.74. The summed E-state index contributed by atoms with van der Waals surface area (Å²) in [6.45, 7) is 2.10. The molecule has 0 unspecified atom stereocenters. The summed E-state index contributed by atoms with van der Waals surface area (Å²) in [4.78, 5) is 0. The third kappa shape index (κ3) is 2.22. The molecule has 3 rings (SSSR count). The van der Waals surface area contributed by atoms with Gasteiger partial charge in [-0.15, -0.1) is 0 Å². The first-order valence-corrected chi connectivity index (χ1v) is 6.50. The van der Waals surface area contributed by atoms with Gasteiger partial charge in [-0.2, -0.15) is 0 Å². The zero-order valence-corrected chi connectivity index (χ0v) is 9.95. The van der Waals surface area contributed by atoms with E-state index in [0.717, 1.165) is 31.5 Å². The minimum Gasteiger partial charge on any atom is -0.317 e. The van der Waals surface area contributed by atoms with Crippen LogP contribution in [0, 0.1) is 0 Å². The molecular formula is C14H19FN2.